The summed E-state index contributed by atoms with van der Waals surface area (Å²) in [5, 5.41) is 4.24. The number of piperidine rings is 1. The Labute approximate surface area is 166 Å². The number of nitrogens with zero attached hydrogens (tertiary/aromatic N) is 4. The number of aromatic nitrogens is 1. The van der Waals surface area contributed by atoms with Gasteiger partial charge in [-0.1, -0.05) is 30.3 Å². The number of anilines is 2. The van der Waals surface area contributed by atoms with Gasteiger partial charge in [-0.25, -0.2) is 4.98 Å². The summed E-state index contributed by atoms with van der Waals surface area (Å²) in [6.07, 6.45) is 3.78. The number of hydrogen-bond acceptors (Lipinski definition) is 5. The Morgan fingerprint density at radius 3 is 2.75 bits per heavy atom. The maximum Gasteiger partial charge on any atom is 0.136 e. The quantitative estimate of drug-likeness (QED) is 0.376. The zero-order valence-corrected chi connectivity index (χ0v) is 16.3. The van der Waals surface area contributed by atoms with Gasteiger partial charge in [0.1, 0.15) is 11.7 Å². The number of amidine groups is 1. The van der Waals surface area contributed by atoms with E-state index in [0.717, 1.165) is 54.5 Å². The minimum absolute atomic E-state index is 0.272. The molecule has 0 bridgehead atoms. The molecule has 1 aromatic carbocycles. The van der Waals surface area contributed by atoms with Crippen molar-refractivity contribution >= 4 is 17.3 Å². The first-order valence-corrected chi connectivity index (χ1v) is 9.76. The highest BCUT2D eigenvalue weighted by Gasteiger charge is 2.31. The van der Waals surface area contributed by atoms with Gasteiger partial charge in [-0.05, 0) is 38.0 Å². The van der Waals surface area contributed by atoms with Gasteiger partial charge in [-0.2, -0.15) is 5.10 Å². The molecule has 6 heteroatoms. The molecule has 4 rings (SSSR count). The smallest absolute Gasteiger partial charge is 0.136 e. The average Bonchev–Trinajstić information content (AvgIpc) is 2.88. The van der Waals surface area contributed by atoms with E-state index < -0.39 is 0 Å². The summed E-state index contributed by atoms with van der Waals surface area (Å²) in [4.78, 5) is 8.91. The molecular formula is C22H27N5O. The fraction of sp³-hybridized carbons (Fsp3) is 0.364. The highest BCUT2D eigenvalue weighted by molar-refractivity contribution is 6.02. The summed E-state index contributed by atoms with van der Waals surface area (Å²) < 4.78 is 5.82. The summed E-state index contributed by atoms with van der Waals surface area (Å²) in [6, 6.07) is 12.4. The first kappa shape index (κ1) is 18.5. The number of nitrogens with two attached hydrogens (primary N) is 1. The van der Waals surface area contributed by atoms with Gasteiger partial charge in [0.25, 0.3) is 0 Å². The van der Waals surface area contributed by atoms with E-state index in [1.54, 1.807) is 0 Å². The fourth-order valence-corrected chi connectivity index (χ4v) is 4.10. The van der Waals surface area contributed by atoms with E-state index >= 15 is 0 Å². The van der Waals surface area contributed by atoms with Gasteiger partial charge < -0.3 is 15.5 Å². The third-order valence-corrected chi connectivity index (χ3v) is 5.51. The predicted octanol–water partition coefficient (Wildman–Crippen LogP) is 3.43. The highest BCUT2D eigenvalue weighted by Crippen LogP contribution is 2.33. The molecule has 2 N–H and O–H groups in total. The van der Waals surface area contributed by atoms with Gasteiger partial charge in [-0.15, -0.1) is 0 Å². The number of fused-ring (bicyclic) bond motifs is 1. The second-order valence-electron chi connectivity index (χ2n) is 7.46. The van der Waals surface area contributed by atoms with Crippen molar-refractivity contribution in [2.75, 3.05) is 29.5 Å². The average molecular weight is 377 g/mol. The molecule has 1 saturated heterocycles. The van der Waals surface area contributed by atoms with Crippen LogP contribution in [-0.4, -0.2) is 30.5 Å². The standard InChI is InChI=1S/C22H27N5O/c1-16-6-7-20-19(13-16)15-28-14-17(2)27(20)22(25-23)18-8-11-26(12-9-18)21-5-3-4-10-24-21/h3-7,10,13,18H,2,8-9,11-12,14-15,23H2,1H3/b25-22-. The Morgan fingerprint density at radius 1 is 1.21 bits per heavy atom. The van der Waals surface area contributed by atoms with Crippen LogP contribution in [0.25, 0.3) is 0 Å². The topological polar surface area (TPSA) is 67.0 Å². The van der Waals surface area contributed by atoms with E-state index in [2.05, 4.69) is 57.7 Å². The maximum absolute atomic E-state index is 5.92. The second-order valence-corrected chi connectivity index (χ2v) is 7.46. The molecule has 0 spiro atoms. The lowest BCUT2D eigenvalue weighted by Gasteiger charge is -2.37. The van der Waals surface area contributed by atoms with E-state index in [1.165, 1.54) is 5.56 Å². The first-order valence-electron chi connectivity index (χ1n) is 9.76. The van der Waals surface area contributed by atoms with Crippen LogP contribution in [0, 0.1) is 12.8 Å². The lowest BCUT2D eigenvalue weighted by Crippen LogP contribution is -2.43. The van der Waals surface area contributed by atoms with Crippen molar-refractivity contribution in [2.24, 2.45) is 16.9 Å². The van der Waals surface area contributed by atoms with Crippen molar-refractivity contribution < 1.29 is 4.74 Å². The second kappa shape index (κ2) is 8.02. The molecule has 0 saturated carbocycles. The molecule has 2 aromatic rings. The Kier molecular flexibility index (Phi) is 5.30. The Balaban J connectivity index is 1.57. The molecule has 6 nitrogen and oxygen atoms in total. The number of pyridine rings is 1. The van der Waals surface area contributed by atoms with Gasteiger partial charge in [0.15, 0.2) is 0 Å². The maximum atomic E-state index is 5.92. The molecule has 28 heavy (non-hydrogen) atoms. The SMILES string of the molecule is C=C1COCc2cc(C)ccc2N1/C(=N\N)C1CCN(c2ccccn2)CC1. The van der Waals surface area contributed by atoms with Crippen LogP contribution >= 0.6 is 0 Å². The molecule has 0 atom stereocenters. The Morgan fingerprint density at radius 2 is 2.04 bits per heavy atom. The van der Waals surface area contributed by atoms with Crippen LogP contribution in [0.3, 0.4) is 0 Å². The van der Waals surface area contributed by atoms with Crippen LogP contribution in [0.15, 0.2) is 60.0 Å². The summed E-state index contributed by atoms with van der Waals surface area (Å²) in [5.41, 5.74) is 4.30. The number of hydrogen-bond donors (Lipinski definition) is 1. The number of hydrazone groups is 1. The molecule has 3 heterocycles. The summed E-state index contributed by atoms with van der Waals surface area (Å²) in [7, 11) is 0. The van der Waals surface area contributed by atoms with Crippen molar-refractivity contribution in [3.63, 3.8) is 0 Å². The van der Waals surface area contributed by atoms with E-state index in [4.69, 9.17) is 10.6 Å². The van der Waals surface area contributed by atoms with Crippen molar-refractivity contribution in [3.05, 3.63) is 66.0 Å². The molecule has 0 amide bonds. The van der Waals surface area contributed by atoms with Crippen LogP contribution in [0.4, 0.5) is 11.5 Å². The normalized spacial score (nSPS) is 18.8. The zero-order chi connectivity index (χ0) is 19.5. The van der Waals surface area contributed by atoms with Crippen molar-refractivity contribution in [1.29, 1.82) is 0 Å². The molecule has 1 aromatic heterocycles. The van der Waals surface area contributed by atoms with Gasteiger partial charge in [-0.3, -0.25) is 4.90 Å². The molecule has 2 aliphatic heterocycles. The number of benzene rings is 1. The third-order valence-electron chi connectivity index (χ3n) is 5.51. The number of ether oxygens (including phenoxy) is 1. The van der Waals surface area contributed by atoms with Crippen molar-refractivity contribution in [1.82, 2.24) is 4.98 Å². The summed E-state index contributed by atoms with van der Waals surface area (Å²) in [6.45, 7) is 9.24. The van der Waals surface area contributed by atoms with E-state index in [-0.39, 0.29) is 5.92 Å². The minimum atomic E-state index is 0.272. The zero-order valence-electron chi connectivity index (χ0n) is 16.3. The van der Waals surface area contributed by atoms with Gasteiger partial charge in [0.05, 0.1) is 18.9 Å². The largest absolute Gasteiger partial charge is 0.370 e. The van der Waals surface area contributed by atoms with Crippen molar-refractivity contribution in [3.8, 4) is 0 Å². The van der Waals surface area contributed by atoms with Gasteiger partial charge >= 0.3 is 0 Å². The lowest BCUT2D eigenvalue weighted by molar-refractivity contribution is 0.146. The molecule has 0 aliphatic carbocycles. The molecule has 0 radical (unpaired) electrons. The van der Waals surface area contributed by atoms with Gasteiger partial charge in [0.2, 0.25) is 0 Å². The number of rotatable bonds is 2. The number of aryl methyl sites for hydroxylation is 1. The lowest BCUT2D eigenvalue weighted by atomic mass is 9.93. The van der Waals surface area contributed by atoms with Crippen LogP contribution in [0.2, 0.25) is 0 Å². The van der Waals surface area contributed by atoms with Gasteiger partial charge in [0, 0.05) is 36.5 Å². The van der Waals surface area contributed by atoms with Crippen LogP contribution in [-0.2, 0) is 11.3 Å². The third kappa shape index (κ3) is 3.60. The van der Waals surface area contributed by atoms with E-state index in [0.29, 0.717) is 13.2 Å². The monoisotopic (exact) mass is 377 g/mol. The van der Waals surface area contributed by atoms with Crippen molar-refractivity contribution in [2.45, 2.75) is 26.4 Å². The molecule has 146 valence electrons. The predicted molar refractivity (Wildman–Crippen MR) is 113 cm³/mol. The molecule has 1 fully saturated rings. The molecular weight excluding hydrogens is 350 g/mol. The minimum Gasteiger partial charge on any atom is -0.370 e. The summed E-state index contributed by atoms with van der Waals surface area (Å²) >= 11 is 0. The fourth-order valence-electron chi connectivity index (χ4n) is 4.10. The van der Waals surface area contributed by atoms with Crippen LogP contribution in [0.1, 0.15) is 24.0 Å². The highest BCUT2D eigenvalue weighted by atomic mass is 16.5. The van der Waals surface area contributed by atoms with E-state index in [9.17, 15) is 0 Å². The molecule has 0 unspecified atom stereocenters. The van der Waals surface area contributed by atoms with E-state index in [1.807, 2.05) is 18.3 Å². The van der Waals surface area contributed by atoms with Crippen LogP contribution < -0.4 is 15.6 Å². The summed E-state index contributed by atoms with van der Waals surface area (Å²) in [5.74, 6) is 8.10. The first-order chi connectivity index (χ1) is 13.7. The Bertz CT molecular complexity index is 872. The Hall–Kier alpha value is -2.86. The van der Waals surface area contributed by atoms with Crippen LogP contribution in [0.5, 0.6) is 0 Å². The molecule has 2 aliphatic rings.